The van der Waals surface area contributed by atoms with Crippen molar-refractivity contribution >= 4 is 0 Å². The average molecular weight is 282 g/mol. The van der Waals surface area contributed by atoms with Crippen LogP contribution in [0.4, 0.5) is 0 Å². The highest BCUT2D eigenvalue weighted by molar-refractivity contribution is 5.41. The van der Waals surface area contributed by atoms with E-state index in [-0.39, 0.29) is 12.7 Å². The number of aliphatic hydroxyl groups is 1. The van der Waals surface area contributed by atoms with Crippen LogP contribution < -0.4 is 9.47 Å². The van der Waals surface area contributed by atoms with Crippen molar-refractivity contribution in [2.24, 2.45) is 5.92 Å². The van der Waals surface area contributed by atoms with Gasteiger partial charge in [0.25, 0.3) is 0 Å². The van der Waals surface area contributed by atoms with Crippen molar-refractivity contribution < 1.29 is 19.3 Å². The van der Waals surface area contributed by atoms with E-state index in [0.29, 0.717) is 23.0 Å². The van der Waals surface area contributed by atoms with Crippen LogP contribution in [0.2, 0.25) is 0 Å². The van der Waals surface area contributed by atoms with Gasteiger partial charge in [0.2, 0.25) is 0 Å². The number of ether oxygens (including phenoxy) is 3. The van der Waals surface area contributed by atoms with Crippen LogP contribution in [0.5, 0.6) is 11.5 Å². The van der Waals surface area contributed by atoms with E-state index in [9.17, 15) is 5.11 Å². The predicted octanol–water partition coefficient (Wildman–Crippen LogP) is 3.19. The molecule has 1 aromatic carbocycles. The smallest absolute Gasteiger partial charge is 0.128 e. The normalized spacial score (nSPS) is 14.2. The van der Waals surface area contributed by atoms with Crippen LogP contribution in [0.15, 0.2) is 18.2 Å². The first-order valence-electron chi connectivity index (χ1n) is 6.99. The molecule has 0 saturated heterocycles. The van der Waals surface area contributed by atoms with Crippen LogP contribution in [0, 0.1) is 5.92 Å². The lowest BCUT2D eigenvalue weighted by Crippen LogP contribution is -2.16. The van der Waals surface area contributed by atoms with E-state index in [4.69, 9.17) is 14.2 Å². The summed E-state index contributed by atoms with van der Waals surface area (Å²) in [6.07, 6.45) is 0.409. The van der Waals surface area contributed by atoms with Crippen LogP contribution >= 0.6 is 0 Å². The van der Waals surface area contributed by atoms with Crippen molar-refractivity contribution in [2.75, 3.05) is 20.8 Å². The zero-order chi connectivity index (χ0) is 15.1. The molecule has 0 aliphatic rings. The monoisotopic (exact) mass is 282 g/mol. The molecule has 0 radical (unpaired) electrons. The molecule has 2 atom stereocenters. The summed E-state index contributed by atoms with van der Waals surface area (Å²) in [4.78, 5) is 0. The molecule has 2 unspecified atom stereocenters. The number of hydrogen-bond acceptors (Lipinski definition) is 4. The van der Waals surface area contributed by atoms with Gasteiger partial charge in [-0.1, -0.05) is 13.8 Å². The van der Waals surface area contributed by atoms with Gasteiger partial charge >= 0.3 is 0 Å². The first-order valence-corrected chi connectivity index (χ1v) is 6.99. The fourth-order valence-corrected chi connectivity index (χ4v) is 2.17. The Kier molecular flexibility index (Phi) is 6.82. The summed E-state index contributed by atoms with van der Waals surface area (Å²) >= 11 is 0. The lowest BCUT2D eigenvalue weighted by atomic mass is 10.1. The molecule has 1 N–H and O–H groups in total. The molecule has 0 spiro atoms. The predicted molar refractivity (Wildman–Crippen MR) is 79.4 cm³/mol. The van der Waals surface area contributed by atoms with E-state index < -0.39 is 6.10 Å². The molecule has 4 heteroatoms. The van der Waals surface area contributed by atoms with Gasteiger partial charge in [0.15, 0.2) is 0 Å². The molecule has 0 fully saturated rings. The van der Waals surface area contributed by atoms with Crippen LogP contribution in [0.1, 0.15) is 38.9 Å². The van der Waals surface area contributed by atoms with Crippen molar-refractivity contribution in [3.05, 3.63) is 23.8 Å². The highest BCUT2D eigenvalue weighted by Crippen LogP contribution is 2.29. The highest BCUT2D eigenvalue weighted by Gasteiger charge is 2.16. The third-order valence-electron chi connectivity index (χ3n) is 3.14. The van der Waals surface area contributed by atoms with Crippen molar-refractivity contribution in [1.29, 1.82) is 0 Å². The molecular formula is C16H26O4. The lowest BCUT2D eigenvalue weighted by Gasteiger charge is -2.19. The van der Waals surface area contributed by atoms with Gasteiger partial charge in [0.1, 0.15) is 17.6 Å². The van der Waals surface area contributed by atoms with Crippen molar-refractivity contribution in [3.8, 4) is 11.5 Å². The summed E-state index contributed by atoms with van der Waals surface area (Å²) in [6, 6.07) is 5.37. The van der Waals surface area contributed by atoms with E-state index in [1.165, 1.54) is 0 Å². The second kappa shape index (κ2) is 8.12. The maximum absolute atomic E-state index is 10.2. The second-order valence-corrected chi connectivity index (χ2v) is 5.40. The molecule has 0 saturated carbocycles. The molecule has 114 valence electrons. The Morgan fingerprint density at radius 2 is 1.80 bits per heavy atom. The first-order chi connectivity index (χ1) is 9.47. The van der Waals surface area contributed by atoms with Gasteiger partial charge in [-0.25, -0.2) is 0 Å². The van der Waals surface area contributed by atoms with E-state index in [1.54, 1.807) is 32.4 Å². The van der Waals surface area contributed by atoms with E-state index in [2.05, 4.69) is 13.8 Å². The molecule has 0 bridgehead atoms. The quantitative estimate of drug-likeness (QED) is 0.795. The molecule has 1 aromatic rings. The van der Waals surface area contributed by atoms with Crippen LogP contribution in [-0.2, 0) is 4.74 Å². The fraction of sp³-hybridized carbons (Fsp3) is 0.625. The Hall–Kier alpha value is -1.26. The van der Waals surface area contributed by atoms with Gasteiger partial charge in [0, 0.05) is 11.6 Å². The topological polar surface area (TPSA) is 47.9 Å². The average Bonchev–Trinajstić information content (AvgIpc) is 2.43. The third-order valence-corrected chi connectivity index (χ3v) is 3.14. The molecule has 1 rings (SSSR count). The summed E-state index contributed by atoms with van der Waals surface area (Å²) in [7, 11) is 3.18. The molecule has 20 heavy (non-hydrogen) atoms. The lowest BCUT2D eigenvalue weighted by molar-refractivity contribution is -0.0108. The van der Waals surface area contributed by atoms with Crippen molar-refractivity contribution in [2.45, 2.75) is 39.4 Å². The zero-order valence-electron chi connectivity index (χ0n) is 13.1. The summed E-state index contributed by atoms with van der Waals surface area (Å²) in [5.74, 6) is 1.89. The standard InChI is InChI=1S/C16H26O4/c1-11(2)8-12(3)20-10-15(17)14-7-6-13(18-4)9-16(14)19-5/h6-7,9,11-12,15,17H,8,10H2,1-5H3. The van der Waals surface area contributed by atoms with Crippen LogP contribution in [-0.4, -0.2) is 32.0 Å². The highest BCUT2D eigenvalue weighted by atomic mass is 16.5. The second-order valence-electron chi connectivity index (χ2n) is 5.40. The van der Waals surface area contributed by atoms with Crippen molar-refractivity contribution in [1.82, 2.24) is 0 Å². The van der Waals surface area contributed by atoms with Gasteiger partial charge in [-0.05, 0) is 31.4 Å². The van der Waals surface area contributed by atoms with Gasteiger partial charge in [-0.3, -0.25) is 0 Å². The number of benzene rings is 1. The van der Waals surface area contributed by atoms with Gasteiger partial charge < -0.3 is 19.3 Å². The summed E-state index contributed by atoms with van der Waals surface area (Å²) in [6.45, 7) is 6.60. The van der Waals surface area contributed by atoms with Crippen LogP contribution in [0.25, 0.3) is 0 Å². The third kappa shape index (κ3) is 5.02. The zero-order valence-corrected chi connectivity index (χ0v) is 13.1. The Labute approximate surface area is 121 Å². The minimum Gasteiger partial charge on any atom is -0.497 e. The van der Waals surface area contributed by atoms with E-state index in [1.807, 2.05) is 6.92 Å². The Bertz CT molecular complexity index is 403. The Morgan fingerprint density at radius 1 is 1.10 bits per heavy atom. The molecule has 0 aliphatic carbocycles. The number of rotatable bonds is 8. The minimum absolute atomic E-state index is 0.133. The maximum Gasteiger partial charge on any atom is 0.128 e. The summed E-state index contributed by atoms with van der Waals surface area (Å²) < 4.78 is 16.1. The van der Waals surface area contributed by atoms with Gasteiger partial charge in [-0.2, -0.15) is 0 Å². The molecule has 0 heterocycles. The fourth-order valence-electron chi connectivity index (χ4n) is 2.17. The Morgan fingerprint density at radius 3 is 2.35 bits per heavy atom. The number of aliphatic hydroxyl groups excluding tert-OH is 1. The summed E-state index contributed by atoms with van der Waals surface area (Å²) in [5, 5.41) is 10.2. The van der Waals surface area contributed by atoms with Crippen molar-refractivity contribution in [3.63, 3.8) is 0 Å². The van der Waals surface area contributed by atoms with Crippen LogP contribution in [0.3, 0.4) is 0 Å². The summed E-state index contributed by atoms with van der Waals surface area (Å²) in [5.41, 5.74) is 0.713. The maximum atomic E-state index is 10.2. The Balaban J connectivity index is 2.65. The first kappa shape index (κ1) is 16.8. The van der Waals surface area contributed by atoms with Gasteiger partial charge in [-0.15, -0.1) is 0 Å². The van der Waals surface area contributed by atoms with E-state index >= 15 is 0 Å². The largest absolute Gasteiger partial charge is 0.497 e. The van der Waals surface area contributed by atoms with Gasteiger partial charge in [0.05, 0.1) is 26.9 Å². The number of hydrogen-bond donors (Lipinski definition) is 1. The number of methoxy groups -OCH3 is 2. The molecule has 0 amide bonds. The van der Waals surface area contributed by atoms with E-state index in [0.717, 1.165) is 6.42 Å². The molecule has 4 nitrogen and oxygen atoms in total. The molecular weight excluding hydrogens is 256 g/mol. The molecule has 0 aliphatic heterocycles. The molecule has 0 aromatic heterocycles. The SMILES string of the molecule is COc1ccc(C(O)COC(C)CC(C)C)c(OC)c1. The minimum atomic E-state index is -0.703.